The summed E-state index contributed by atoms with van der Waals surface area (Å²) in [7, 11) is 0. The van der Waals surface area contributed by atoms with E-state index in [2.05, 4.69) is 61.6 Å². The second-order valence-electron chi connectivity index (χ2n) is 8.29. The van der Waals surface area contributed by atoms with E-state index in [9.17, 15) is 4.79 Å². The SMILES string of the molecule is Cc1ccc(-c2ccccc2CC2(C(=O)NC3CC3)CCOCC2)c(C)c1. The van der Waals surface area contributed by atoms with Crippen LogP contribution in [0.5, 0.6) is 0 Å². The van der Waals surface area contributed by atoms with Crippen LogP contribution in [0.4, 0.5) is 0 Å². The lowest BCUT2D eigenvalue weighted by Crippen LogP contribution is -2.46. The molecule has 0 unspecified atom stereocenters. The maximum atomic E-state index is 13.2. The highest BCUT2D eigenvalue weighted by molar-refractivity contribution is 5.84. The first-order chi connectivity index (χ1) is 13.1. The number of hydrogen-bond acceptors (Lipinski definition) is 2. The van der Waals surface area contributed by atoms with Gasteiger partial charge in [0.25, 0.3) is 0 Å². The lowest BCUT2D eigenvalue weighted by atomic mass is 9.73. The molecule has 3 nitrogen and oxygen atoms in total. The summed E-state index contributed by atoms with van der Waals surface area (Å²) in [6, 6.07) is 15.6. The van der Waals surface area contributed by atoms with E-state index in [1.165, 1.54) is 27.8 Å². The van der Waals surface area contributed by atoms with E-state index < -0.39 is 0 Å². The molecule has 142 valence electrons. The van der Waals surface area contributed by atoms with Gasteiger partial charge >= 0.3 is 0 Å². The largest absolute Gasteiger partial charge is 0.381 e. The van der Waals surface area contributed by atoms with Crippen molar-refractivity contribution in [2.75, 3.05) is 13.2 Å². The minimum Gasteiger partial charge on any atom is -0.381 e. The van der Waals surface area contributed by atoms with Crippen molar-refractivity contribution in [3.8, 4) is 11.1 Å². The van der Waals surface area contributed by atoms with Gasteiger partial charge in [0.15, 0.2) is 0 Å². The van der Waals surface area contributed by atoms with Crippen molar-refractivity contribution in [2.45, 2.75) is 52.0 Å². The Hall–Kier alpha value is -2.13. The van der Waals surface area contributed by atoms with E-state index in [-0.39, 0.29) is 11.3 Å². The molecule has 1 saturated heterocycles. The van der Waals surface area contributed by atoms with Crippen LogP contribution in [0.3, 0.4) is 0 Å². The molecule has 2 fully saturated rings. The molecular formula is C24H29NO2. The zero-order chi connectivity index (χ0) is 18.9. The molecule has 4 rings (SSSR count). The molecule has 1 aliphatic carbocycles. The molecule has 2 aromatic rings. The maximum absolute atomic E-state index is 13.2. The number of aryl methyl sites for hydroxylation is 2. The van der Waals surface area contributed by atoms with Gasteiger partial charge in [-0.1, -0.05) is 48.0 Å². The molecule has 1 amide bonds. The summed E-state index contributed by atoms with van der Waals surface area (Å²) in [4.78, 5) is 13.2. The van der Waals surface area contributed by atoms with Crippen LogP contribution >= 0.6 is 0 Å². The standard InChI is InChI=1S/C24H29NO2/c1-17-7-10-21(18(2)15-17)22-6-4-3-5-19(22)16-24(11-13-27-14-12-24)23(26)25-20-8-9-20/h3-7,10,15,20H,8-9,11-14,16H2,1-2H3,(H,25,26). The van der Waals surface area contributed by atoms with E-state index in [1.807, 2.05) is 0 Å². The number of carbonyl (C=O) groups is 1. The van der Waals surface area contributed by atoms with E-state index in [1.54, 1.807) is 0 Å². The molecule has 1 heterocycles. The Labute approximate surface area is 162 Å². The first-order valence-corrected chi connectivity index (χ1v) is 10.1. The minimum absolute atomic E-state index is 0.226. The molecule has 0 radical (unpaired) electrons. The van der Waals surface area contributed by atoms with Gasteiger partial charge in [-0.3, -0.25) is 4.79 Å². The van der Waals surface area contributed by atoms with Gasteiger partial charge in [0.2, 0.25) is 5.91 Å². The molecule has 0 spiro atoms. The highest BCUT2D eigenvalue weighted by Gasteiger charge is 2.42. The van der Waals surface area contributed by atoms with Gasteiger partial charge in [0.05, 0.1) is 5.41 Å². The summed E-state index contributed by atoms with van der Waals surface area (Å²) >= 11 is 0. The Balaban J connectivity index is 1.68. The first kappa shape index (κ1) is 18.2. The van der Waals surface area contributed by atoms with Crippen LogP contribution < -0.4 is 5.32 Å². The van der Waals surface area contributed by atoms with E-state index >= 15 is 0 Å². The van der Waals surface area contributed by atoms with Crippen LogP contribution in [-0.2, 0) is 16.0 Å². The molecular weight excluding hydrogens is 334 g/mol. The van der Waals surface area contributed by atoms with Crippen molar-refractivity contribution >= 4 is 5.91 Å². The van der Waals surface area contributed by atoms with Crippen molar-refractivity contribution < 1.29 is 9.53 Å². The number of amides is 1. The second kappa shape index (κ2) is 7.47. The fraction of sp³-hybridized carbons (Fsp3) is 0.458. The lowest BCUT2D eigenvalue weighted by molar-refractivity contribution is -0.136. The van der Waals surface area contributed by atoms with Crippen LogP contribution in [0.15, 0.2) is 42.5 Å². The predicted molar refractivity (Wildman–Crippen MR) is 109 cm³/mol. The Kier molecular flexibility index (Phi) is 5.05. The second-order valence-corrected chi connectivity index (χ2v) is 8.29. The monoisotopic (exact) mass is 363 g/mol. The summed E-state index contributed by atoms with van der Waals surface area (Å²) in [5.74, 6) is 0.226. The van der Waals surface area contributed by atoms with Gasteiger partial charge in [-0.25, -0.2) is 0 Å². The highest BCUT2D eigenvalue weighted by Crippen LogP contribution is 2.39. The van der Waals surface area contributed by atoms with Gasteiger partial charge in [0.1, 0.15) is 0 Å². The third kappa shape index (κ3) is 3.93. The summed E-state index contributed by atoms with van der Waals surface area (Å²) in [6.07, 6.45) is 4.62. The van der Waals surface area contributed by atoms with E-state index in [0.29, 0.717) is 19.3 Å². The van der Waals surface area contributed by atoms with Crippen molar-refractivity contribution in [3.63, 3.8) is 0 Å². The molecule has 1 N–H and O–H groups in total. The first-order valence-electron chi connectivity index (χ1n) is 10.1. The number of hydrogen-bond donors (Lipinski definition) is 1. The zero-order valence-electron chi connectivity index (χ0n) is 16.4. The normalized spacial score (nSPS) is 18.9. The molecule has 0 bridgehead atoms. The van der Waals surface area contributed by atoms with Gasteiger partial charge in [0, 0.05) is 19.3 Å². The molecule has 1 saturated carbocycles. The summed E-state index contributed by atoms with van der Waals surface area (Å²) < 4.78 is 5.60. The topological polar surface area (TPSA) is 38.3 Å². The van der Waals surface area contributed by atoms with Crippen molar-refractivity contribution in [2.24, 2.45) is 5.41 Å². The summed E-state index contributed by atoms with van der Waals surface area (Å²) in [6.45, 7) is 5.64. The third-order valence-corrected chi connectivity index (χ3v) is 6.06. The number of ether oxygens (including phenoxy) is 1. The Morgan fingerprint density at radius 2 is 1.81 bits per heavy atom. The van der Waals surface area contributed by atoms with Crippen LogP contribution in [0, 0.1) is 19.3 Å². The smallest absolute Gasteiger partial charge is 0.226 e. The minimum atomic E-state index is -0.352. The van der Waals surface area contributed by atoms with Gasteiger partial charge in [-0.15, -0.1) is 0 Å². The average molecular weight is 364 g/mol. The summed E-state index contributed by atoms with van der Waals surface area (Å²) in [5.41, 5.74) is 5.98. The van der Waals surface area contributed by atoms with Gasteiger partial charge in [-0.05, 0) is 68.2 Å². The molecule has 2 aliphatic rings. The molecule has 2 aromatic carbocycles. The van der Waals surface area contributed by atoms with Crippen LogP contribution in [-0.4, -0.2) is 25.2 Å². The highest BCUT2D eigenvalue weighted by atomic mass is 16.5. The predicted octanol–water partition coefficient (Wildman–Crippen LogP) is 4.59. The molecule has 0 atom stereocenters. The number of nitrogens with one attached hydrogen (secondary N) is 1. The average Bonchev–Trinajstić information content (AvgIpc) is 3.47. The maximum Gasteiger partial charge on any atom is 0.226 e. The molecule has 1 aliphatic heterocycles. The van der Waals surface area contributed by atoms with Crippen molar-refractivity contribution in [1.82, 2.24) is 5.32 Å². The molecule has 3 heteroatoms. The van der Waals surface area contributed by atoms with Crippen molar-refractivity contribution in [1.29, 1.82) is 0 Å². The Morgan fingerprint density at radius 1 is 1.07 bits per heavy atom. The van der Waals surface area contributed by atoms with Crippen LogP contribution in [0.25, 0.3) is 11.1 Å². The number of carbonyl (C=O) groups excluding carboxylic acids is 1. The number of rotatable bonds is 5. The molecule has 27 heavy (non-hydrogen) atoms. The van der Waals surface area contributed by atoms with Gasteiger partial charge < -0.3 is 10.1 Å². The van der Waals surface area contributed by atoms with Crippen LogP contribution in [0.1, 0.15) is 42.4 Å². The van der Waals surface area contributed by atoms with E-state index in [0.717, 1.165) is 32.1 Å². The van der Waals surface area contributed by atoms with Crippen molar-refractivity contribution in [3.05, 3.63) is 59.2 Å². The lowest BCUT2D eigenvalue weighted by Gasteiger charge is -2.36. The molecule has 0 aromatic heterocycles. The Morgan fingerprint density at radius 3 is 2.52 bits per heavy atom. The Bertz CT molecular complexity index is 832. The number of benzene rings is 2. The fourth-order valence-electron chi connectivity index (χ4n) is 4.23. The van der Waals surface area contributed by atoms with Gasteiger partial charge in [-0.2, -0.15) is 0 Å². The van der Waals surface area contributed by atoms with Crippen LogP contribution in [0.2, 0.25) is 0 Å². The third-order valence-electron chi connectivity index (χ3n) is 6.06. The summed E-state index contributed by atoms with van der Waals surface area (Å²) in [5, 5.41) is 3.27. The van der Waals surface area contributed by atoms with E-state index in [4.69, 9.17) is 4.74 Å². The zero-order valence-corrected chi connectivity index (χ0v) is 16.4. The quantitative estimate of drug-likeness (QED) is 0.844. The fourth-order valence-corrected chi connectivity index (χ4v) is 4.23.